The number of nitriles is 1. The van der Waals surface area contributed by atoms with Crippen LogP contribution in [0.2, 0.25) is 0 Å². The van der Waals surface area contributed by atoms with E-state index in [1.54, 1.807) is 9.47 Å². The third kappa shape index (κ3) is 3.69. The fourth-order valence-corrected chi connectivity index (χ4v) is 4.29. The number of hydrogen-bond donors (Lipinski definition) is 1. The number of nitrogens with zero attached hydrogens (tertiary/aromatic N) is 5. The molecule has 0 atom stereocenters. The molecule has 7 nitrogen and oxygen atoms in total. The summed E-state index contributed by atoms with van der Waals surface area (Å²) in [6, 6.07) is 13.4. The zero-order valence-electron chi connectivity index (χ0n) is 18.1. The lowest BCUT2D eigenvalue weighted by atomic mass is 10.1. The van der Waals surface area contributed by atoms with Crippen LogP contribution in [-0.4, -0.2) is 33.6 Å². The molecule has 1 amide bonds. The van der Waals surface area contributed by atoms with E-state index in [4.69, 9.17) is 0 Å². The van der Waals surface area contributed by atoms with Crippen LogP contribution in [-0.2, 0) is 11.3 Å². The van der Waals surface area contributed by atoms with Crippen molar-refractivity contribution in [2.24, 2.45) is 9.98 Å². The number of likely N-dealkylation sites (N-methyl/N-ethyl adjacent to an activating group) is 1. The van der Waals surface area contributed by atoms with E-state index in [2.05, 4.69) is 32.0 Å². The number of carbonyl (C=O) groups is 1. The first-order valence-electron chi connectivity index (χ1n) is 10.3. The van der Waals surface area contributed by atoms with Crippen LogP contribution in [0.4, 0.5) is 0 Å². The van der Waals surface area contributed by atoms with Gasteiger partial charge in [0.15, 0.2) is 5.82 Å². The molecule has 0 bridgehead atoms. The fourth-order valence-electron chi connectivity index (χ4n) is 3.93. The van der Waals surface area contributed by atoms with Gasteiger partial charge in [0.05, 0.1) is 21.8 Å². The molecule has 0 aliphatic carbocycles. The van der Waals surface area contributed by atoms with Crippen LogP contribution in [0.3, 0.4) is 0 Å². The van der Waals surface area contributed by atoms with E-state index in [0.717, 1.165) is 10.0 Å². The Morgan fingerprint density at radius 1 is 1.16 bits per heavy atom. The Morgan fingerprint density at radius 2 is 1.88 bits per heavy atom. The van der Waals surface area contributed by atoms with Gasteiger partial charge in [-0.25, -0.2) is 9.98 Å². The standard InChI is InChI=1S/C24H22BrN5O2/c1-4-29(5-2)21(31)13-30-20-9-7-15(25)11-16(20)22(24(30)32)17(12-26)23-27-18-8-6-14(3)10-19(18)28-23/h6-11,32H,4-5,13H2,1-3H3. The molecule has 1 aliphatic heterocycles. The topological polar surface area (TPSA) is 94.0 Å². The molecule has 2 heterocycles. The molecule has 0 fully saturated rings. The number of aryl methyl sites for hydroxylation is 1. The normalized spacial score (nSPS) is 13.8. The summed E-state index contributed by atoms with van der Waals surface area (Å²) in [6.07, 6.45) is 0. The lowest BCUT2D eigenvalue weighted by Crippen LogP contribution is -2.33. The van der Waals surface area contributed by atoms with Gasteiger partial charge in [0.2, 0.25) is 11.8 Å². The minimum Gasteiger partial charge on any atom is -0.494 e. The number of carbonyl (C=O) groups excluding carboxylic acids is 1. The maximum absolute atomic E-state index is 12.8. The Morgan fingerprint density at radius 3 is 2.56 bits per heavy atom. The molecule has 0 saturated heterocycles. The number of halogens is 1. The average Bonchev–Trinajstić information content (AvgIpc) is 3.29. The highest BCUT2D eigenvalue weighted by Gasteiger charge is 2.25. The third-order valence-corrected chi connectivity index (χ3v) is 6.07. The number of aromatic nitrogens is 1. The Kier molecular flexibility index (Phi) is 5.85. The Hall–Kier alpha value is -3.44. The summed E-state index contributed by atoms with van der Waals surface area (Å²) in [4.78, 5) is 23.6. The molecule has 1 aromatic heterocycles. The highest BCUT2D eigenvalue weighted by molar-refractivity contribution is 9.10. The molecule has 0 unspecified atom stereocenters. The molecule has 1 N–H and O–H groups in total. The summed E-state index contributed by atoms with van der Waals surface area (Å²) < 4.78 is 2.34. The molecule has 162 valence electrons. The van der Waals surface area contributed by atoms with Crippen LogP contribution in [0.25, 0.3) is 16.5 Å². The predicted octanol–water partition coefficient (Wildman–Crippen LogP) is 3.43. The second kappa shape index (κ2) is 8.60. The Labute approximate surface area is 193 Å². The van der Waals surface area contributed by atoms with Crippen LogP contribution in [0, 0.1) is 18.3 Å². The quantitative estimate of drug-likeness (QED) is 0.553. The van der Waals surface area contributed by atoms with Crippen molar-refractivity contribution in [3.63, 3.8) is 0 Å². The van der Waals surface area contributed by atoms with Crippen molar-refractivity contribution < 1.29 is 9.90 Å². The Bertz CT molecular complexity index is 1440. The third-order valence-electron chi connectivity index (χ3n) is 5.58. The second-order valence-electron chi connectivity index (χ2n) is 7.54. The van der Waals surface area contributed by atoms with Crippen molar-refractivity contribution in [3.8, 4) is 11.9 Å². The van der Waals surface area contributed by atoms with Crippen molar-refractivity contribution in [1.82, 2.24) is 9.47 Å². The van der Waals surface area contributed by atoms with Crippen LogP contribution in [0.15, 0.2) is 56.7 Å². The maximum atomic E-state index is 12.8. The van der Waals surface area contributed by atoms with Crippen LogP contribution < -0.4 is 10.7 Å². The second-order valence-corrected chi connectivity index (χ2v) is 8.45. The predicted molar refractivity (Wildman–Crippen MR) is 125 cm³/mol. The van der Waals surface area contributed by atoms with Crippen molar-refractivity contribution in [2.75, 3.05) is 13.1 Å². The van der Waals surface area contributed by atoms with E-state index in [-0.39, 0.29) is 29.7 Å². The first-order chi connectivity index (χ1) is 15.4. The molecular formula is C24H22BrN5O2. The number of allylic oxidation sites excluding steroid dienone is 1. The van der Waals surface area contributed by atoms with E-state index in [1.165, 1.54) is 0 Å². The Balaban J connectivity index is 1.95. The molecular weight excluding hydrogens is 470 g/mol. The lowest BCUT2D eigenvalue weighted by Gasteiger charge is -2.19. The summed E-state index contributed by atoms with van der Waals surface area (Å²) in [6.45, 7) is 6.92. The van der Waals surface area contributed by atoms with Gasteiger partial charge in [-0.15, -0.1) is 0 Å². The minimum absolute atomic E-state index is 0.0343. The molecule has 0 saturated carbocycles. The van der Waals surface area contributed by atoms with Crippen molar-refractivity contribution in [1.29, 1.82) is 5.26 Å². The lowest BCUT2D eigenvalue weighted by molar-refractivity contribution is -0.131. The number of fused-ring (bicyclic) bond motifs is 2. The van der Waals surface area contributed by atoms with E-state index in [1.807, 2.05) is 57.2 Å². The molecule has 3 aromatic rings. The van der Waals surface area contributed by atoms with Crippen molar-refractivity contribution in [3.05, 3.63) is 68.5 Å². The van der Waals surface area contributed by atoms with E-state index in [9.17, 15) is 15.2 Å². The van der Waals surface area contributed by atoms with Gasteiger partial charge in [-0.05, 0) is 56.7 Å². The fraction of sp³-hybridized carbons (Fsp3) is 0.250. The van der Waals surface area contributed by atoms with Gasteiger partial charge < -0.3 is 14.6 Å². The molecule has 0 spiro atoms. The van der Waals surface area contributed by atoms with Crippen molar-refractivity contribution >= 4 is 38.3 Å². The van der Waals surface area contributed by atoms with Gasteiger partial charge >= 0.3 is 0 Å². The molecule has 1 aliphatic rings. The SMILES string of the molecule is CCN(CC)C(=O)Cn1c(O)c(C(C#N)=C2N=c3ccc(C)cc3=N2)c2cc(Br)ccc21. The van der Waals surface area contributed by atoms with Crippen LogP contribution in [0.5, 0.6) is 5.88 Å². The minimum atomic E-state index is -0.153. The first-order valence-corrected chi connectivity index (χ1v) is 11.1. The molecule has 32 heavy (non-hydrogen) atoms. The maximum Gasteiger partial charge on any atom is 0.242 e. The van der Waals surface area contributed by atoms with Gasteiger partial charge in [-0.1, -0.05) is 22.0 Å². The molecule has 2 aromatic carbocycles. The number of rotatable bonds is 5. The molecule has 4 rings (SSSR count). The van der Waals surface area contributed by atoms with Crippen molar-refractivity contribution in [2.45, 2.75) is 27.3 Å². The summed E-state index contributed by atoms with van der Waals surface area (Å²) in [5.41, 5.74) is 2.18. The van der Waals surface area contributed by atoms with Gasteiger partial charge in [-0.3, -0.25) is 4.79 Å². The van der Waals surface area contributed by atoms with Gasteiger partial charge in [0.1, 0.15) is 18.2 Å². The van der Waals surface area contributed by atoms with E-state index in [0.29, 0.717) is 40.3 Å². The van der Waals surface area contributed by atoms with E-state index >= 15 is 0 Å². The summed E-state index contributed by atoms with van der Waals surface area (Å²) >= 11 is 3.47. The number of hydrogen-bond acceptors (Lipinski definition) is 5. The zero-order chi connectivity index (χ0) is 23.0. The average molecular weight is 492 g/mol. The summed E-state index contributed by atoms with van der Waals surface area (Å²) in [5, 5.41) is 23.3. The van der Waals surface area contributed by atoms with Crippen LogP contribution in [0.1, 0.15) is 25.0 Å². The number of benzene rings is 2. The van der Waals surface area contributed by atoms with Crippen LogP contribution >= 0.6 is 15.9 Å². The largest absolute Gasteiger partial charge is 0.494 e. The molecule has 8 heteroatoms. The highest BCUT2D eigenvalue weighted by atomic mass is 79.9. The smallest absolute Gasteiger partial charge is 0.242 e. The van der Waals surface area contributed by atoms with Gasteiger partial charge in [0, 0.05) is 22.9 Å². The highest BCUT2D eigenvalue weighted by Crippen LogP contribution is 2.39. The first kappa shape index (κ1) is 21.8. The summed E-state index contributed by atoms with van der Waals surface area (Å²) in [7, 11) is 0. The monoisotopic (exact) mass is 491 g/mol. The van der Waals surface area contributed by atoms with Gasteiger partial charge in [0.25, 0.3) is 0 Å². The zero-order valence-corrected chi connectivity index (χ0v) is 19.6. The van der Waals surface area contributed by atoms with Gasteiger partial charge in [-0.2, -0.15) is 5.26 Å². The summed E-state index contributed by atoms with van der Waals surface area (Å²) in [5.74, 6) is -0.0151. The van der Waals surface area contributed by atoms with E-state index < -0.39 is 0 Å². The number of amides is 1. The number of aromatic hydroxyl groups is 1. The molecule has 0 radical (unpaired) electrons.